The number of carbonyl (C=O) groups is 1. The Labute approximate surface area is 125 Å². The van der Waals surface area contributed by atoms with Crippen molar-refractivity contribution < 1.29 is 14.3 Å². The van der Waals surface area contributed by atoms with Crippen molar-refractivity contribution in [1.29, 1.82) is 0 Å². The van der Waals surface area contributed by atoms with Crippen LogP contribution in [0.5, 0.6) is 5.75 Å². The fourth-order valence-corrected chi connectivity index (χ4v) is 2.44. The second-order valence-corrected chi connectivity index (χ2v) is 5.51. The molecule has 5 heteroatoms. The van der Waals surface area contributed by atoms with Gasteiger partial charge in [-0.3, -0.25) is 4.79 Å². The Hall–Kier alpha value is -1.59. The quantitative estimate of drug-likeness (QED) is 0.774. The topological polar surface area (TPSA) is 73.6 Å². The predicted molar refractivity (Wildman–Crippen MR) is 81.2 cm³/mol. The van der Waals surface area contributed by atoms with Crippen LogP contribution < -0.4 is 15.8 Å². The molecule has 0 aliphatic carbocycles. The summed E-state index contributed by atoms with van der Waals surface area (Å²) in [6.07, 6.45) is 1.38. The number of amides is 1. The lowest BCUT2D eigenvalue weighted by Crippen LogP contribution is -2.49. The Morgan fingerprint density at radius 3 is 2.62 bits per heavy atom. The van der Waals surface area contributed by atoms with E-state index in [2.05, 4.69) is 5.32 Å². The Kier molecular flexibility index (Phi) is 5.59. The first-order chi connectivity index (χ1) is 10.2. The lowest BCUT2D eigenvalue weighted by Gasteiger charge is -2.34. The summed E-state index contributed by atoms with van der Waals surface area (Å²) in [6.45, 7) is 4.53. The molecule has 0 atom stereocenters. The van der Waals surface area contributed by atoms with Crippen molar-refractivity contribution in [1.82, 2.24) is 5.32 Å². The molecule has 2 rings (SSSR count). The summed E-state index contributed by atoms with van der Waals surface area (Å²) < 4.78 is 10.9. The Morgan fingerprint density at radius 2 is 2.00 bits per heavy atom. The van der Waals surface area contributed by atoms with Gasteiger partial charge < -0.3 is 20.5 Å². The van der Waals surface area contributed by atoms with E-state index in [0.29, 0.717) is 45.8 Å². The van der Waals surface area contributed by atoms with Crippen LogP contribution in [0.3, 0.4) is 0 Å². The predicted octanol–water partition coefficient (Wildman–Crippen LogP) is 1.25. The van der Waals surface area contributed by atoms with E-state index in [-0.39, 0.29) is 5.91 Å². The first-order valence-electron chi connectivity index (χ1n) is 7.42. The van der Waals surface area contributed by atoms with E-state index in [0.717, 1.165) is 5.75 Å². The molecule has 21 heavy (non-hydrogen) atoms. The number of hydrogen-bond acceptors (Lipinski definition) is 4. The van der Waals surface area contributed by atoms with Gasteiger partial charge in [0.25, 0.3) is 0 Å². The highest BCUT2D eigenvalue weighted by Crippen LogP contribution is 2.29. The molecule has 1 heterocycles. The smallest absolute Gasteiger partial charge is 0.227 e. The van der Waals surface area contributed by atoms with Crippen LogP contribution in [0.2, 0.25) is 0 Å². The highest BCUT2D eigenvalue weighted by atomic mass is 16.5. The highest BCUT2D eigenvalue weighted by Gasteiger charge is 2.38. The molecule has 1 aliphatic heterocycles. The van der Waals surface area contributed by atoms with Crippen LogP contribution in [0.25, 0.3) is 0 Å². The van der Waals surface area contributed by atoms with Gasteiger partial charge in [0.1, 0.15) is 12.4 Å². The maximum atomic E-state index is 12.3. The molecule has 0 radical (unpaired) electrons. The maximum Gasteiger partial charge on any atom is 0.227 e. The third kappa shape index (κ3) is 4.19. The van der Waals surface area contributed by atoms with Crippen LogP contribution >= 0.6 is 0 Å². The average Bonchev–Trinajstić information content (AvgIpc) is 2.53. The fraction of sp³-hybridized carbons (Fsp3) is 0.562. The normalized spacial score (nSPS) is 17.2. The van der Waals surface area contributed by atoms with E-state index in [4.69, 9.17) is 15.2 Å². The zero-order valence-corrected chi connectivity index (χ0v) is 12.6. The van der Waals surface area contributed by atoms with Crippen molar-refractivity contribution in [3.05, 3.63) is 29.8 Å². The van der Waals surface area contributed by atoms with Gasteiger partial charge in [0.2, 0.25) is 5.91 Å². The Morgan fingerprint density at radius 1 is 1.33 bits per heavy atom. The minimum Gasteiger partial charge on any atom is -0.492 e. The molecule has 0 bridgehead atoms. The first kappa shape index (κ1) is 15.8. The summed E-state index contributed by atoms with van der Waals surface area (Å²) in [5.41, 5.74) is 6.53. The molecule has 1 amide bonds. The van der Waals surface area contributed by atoms with Crippen molar-refractivity contribution in [3.63, 3.8) is 0 Å². The van der Waals surface area contributed by atoms with Crippen molar-refractivity contribution >= 4 is 5.91 Å². The van der Waals surface area contributed by atoms with Crippen LogP contribution in [0.4, 0.5) is 0 Å². The standard InChI is InChI=1S/C16H24N2O3/c1-13-2-4-14(5-3-13)21-11-8-18-15(19)16(12-17)6-9-20-10-7-16/h2-5H,6-12,17H2,1H3,(H,18,19). The minimum atomic E-state index is -0.470. The molecule has 0 unspecified atom stereocenters. The summed E-state index contributed by atoms with van der Waals surface area (Å²) >= 11 is 0. The number of carbonyl (C=O) groups excluding carboxylic acids is 1. The number of nitrogens with two attached hydrogens (primary N) is 1. The number of benzene rings is 1. The molecule has 1 aromatic carbocycles. The largest absolute Gasteiger partial charge is 0.492 e. The highest BCUT2D eigenvalue weighted by molar-refractivity contribution is 5.83. The molecule has 116 valence electrons. The summed E-state index contributed by atoms with van der Waals surface area (Å²) in [5.74, 6) is 0.829. The van der Waals surface area contributed by atoms with Crippen molar-refractivity contribution in [2.45, 2.75) is 19.8 Å². The van der Waals surface area contributed by atoms with Gasteiger partial charge >= 0.3 is 0 Å². The van der Waals surface area contributed by atoms with E-state index < -0.39 is 5.41 Å². The van der Waals surface area contributed by atoms with Crippen molar-refractivity contribution in [2.75, 3.05) is 32.9 Å². The molecule has 1 aromatic rings. The maximum absolute atomic E-state index is 12.3. The van der Waals surface area contributed by atoms with Gasteiger partial charge in [-0.05, 0) is 31.9 Å². The van der Waals surface area contributed by atoms with Crippen LogP contribution in [0.15, 0.2) is 24.3 Å². The van der Waals surface area contributed by atoms with Gasteiger partial charge in [-0.1, -0.05) is 17.7 Å². The number of aryl methyl sites for hydroxylation is 1. The average molecular weight is 292 g/mol. The molecular weight excluding hydrogens is 268 g/mol. The summed E-state index contributed by atoms with van der Waals surface area (Å²) in [6, 6.07) is 7.85. The van der Waals surface area contributed by atoms with Crippen LogP contribution in [-0.4, -0.2) is 38.8 Å². The molecule has 1 fully saturated rings. The van der Waals surface area contributed by atoms with Gasteiger partial charge in [-0.15, -0.1) is 0 Å². The van der Waals surface area contributed by atoms with Gasteiger partial charge in [-0.2, -0.15) is 0 Å². The van der Waals surface area contributed by atoms with Gasteiger partial charge in [-0.25, -0.2) is 0 Å². The van der Waals surface area contributed by atoms with Gasteiger partial charge in [0, 0.05) is 19.8 Å². The van der Waals surface area contributed by atoms with Gasteiger partial charge in [0.15, 0.2) is 0 Å². The van der Waals surface area contributed by atoms with Crippen LogP contribution in [-0.2, 0) is 9.53 Å². The monoisotopic (exact) mass is 292 g/mol. The molecule has 1 aliphatic rings. The van der Waals surface area contributed by atoms with Crippen LogP contribution in [0, 0.1) is 12.3 Å². The van der Waals surface area contributed by atoms with Crippen molar-refractivity contribution in [3.8, 4) is 5.75 Å². The second-order valence-electron chi connectivity index (χ2n) is 5.51. The van der Waals surface area contributed by atoms with E-state index in [1.54, 1.807) is 0 Å². The van der Waals surface area contributed by atoms with Crippen molar-refractivity contribution in [2.24, 2.45) is 11.1 Å². The van der Waals surface area contributed by atoms with E-state index in [1.807, 2.05) is 31.2 Å². The number of ether oxygens (including phenoxy) is 2. The number of hydrogen-bond donors (Lipinski definition) is 2. The van der Waals surface area contributed by atoms with Gasteiger partial charge in [0.05, 0.1) is 12.0 Å². The zero-order chi connectivity index (χ0) is 15.1. The third-order valence-electron chi connectivity index (χ3n) is 4.00. The Bertz CT molecular complexity index is 453. The number of nitrogens with one attached hydrogen (secondary N) is 1. The molecule has 0 spiro atoms. The number of rotatable bonds is 6. The molecule has 1 saturated heterocycles. The Balaban J connectivity index is 1.74. The van der Waals surface area contributed by atoms with E-state index in [9.17, 15) is 4.79 Å². The molecule has 0 aromatic heterocycles. The fourth-order valence-electron chi connectivity index (χ4n) is 2.44. The molecule has 3 N–H and O–H groups in total. The van der Waals surface area contributed by atoms with Crippen LogP contribution in [0.1, 0.15) is 18.4 Å². The molecule has 0 saturated carbocycles. The third-order valence-corrected chi connectivity index (χ3v) is 4.00. The zero-order valence-electron chi connectivity index (χ0n) is 12.6. The lowest BCUT2D eigenvalue weighted by atomic mass is 9.79. The van der Waals surface area contributed by atoms with E-state index >= 15 is 0 Å². The molecule has 5 nitrogen and oxygen atoms in total. The first-order valence-corrected chi connectivity index (χ1v) is 7.42. The second kappa shape index (κ2) is 7.43. The minimum absolute atomic E-state index is 0.0146. The summed E-state index contributed by atoms with van der Waals surface area (Å²) in [7, 11) is 0. The summed E-state index contributed by atoms with van der Waals surface area (Å²) in [4.78, 5) is 12.3. The SMILES string of the molecule is Cc1ccc(OCCNC(=O)C2(CN)CCOCC2)cc1. The summed E-state index contributed by atoms with van der Waals surface area (Å²) in [5, 5.41) is 2.93. The lowest BCUT2D eigenvalue weighted by molar-refractivity contribution is -0.136. The molecular formula is C16H24N2O3. The van der Waals surface area contributed by atoms with E-state index in [1.165, 1.54) is 5.56 Å².